The predicted octanol–water partition coefficient (Wildman–Crippen LogP) is 0.640. The molecular formula is C8H18N2O. The molecule has 0 aliphatic rings. The lowest BCUT2D eigenvalue weighted by Crippen LogP contribution is -2.53. The van der Waals surface area contributed by atoms with Crippen LogP contribution in [0.25, 0.3) is 0 Å². The first-order valence-electron chi connectivity index (χ1n) is 4.17. The van der Waals surface area contributed by atoms with E-state index in [0.717, 1.165) is 0 Å². The van der Waals surface area contributed by atoms with E-state index in [1.54, 1.807) is 0 Å². The van der Waals surface area contributed by atoms with Gasteiger partial charge in [0, 0.05) is 6.54 Å². The van der Waals surface area contributed by atoms with Crippen LogP contribution in [0, 0.1) is 0 Å². The van der Waals surface area contributed by atoms with Gasteiger partial charge in [0.25, 0.3) is 0 Å². The molecule has 0 aromatic heterocycles. The fraction of sp³-hybridized carbons (Fsp3) is 0.875. The maximum atomic E-state index is 11.3. The highest BCUT2D eigenvalue weighted by molar-refractivity contribution is 5.85. The van der Waals surface area contributed by atoms with Gasteiger partial charge in [-0.05, 0) is 19.8 Å². The SMILES string of the molecule is CCNC(=O)C(N)(CC)CC. The third kappa shape index (κ3) is 2.50. The summed E-state index contributed by atoms with van der Waals surface area (Å²) in [7, 11) is 0. The molecule has 66 valence electrons. The average Bonchev–Trinajstić information content (AvgIpc) is 2.03. The molecule has 0 saturated carbocycles. The van der Waals surface area contributed by atoms with Gasteiger partial charge in [-0.15, -0.1) is 0 Å². The topological polar surface area (TPSA) is 55.1 Å². The van der Waals surface area contributed by atoms with Crippen LogP contribution >= 0.6 is 0 Å². The van der Waals surface area contributed by atoms with Crippen LogP contribution in [0.15, 0.2) is 0 Å². The Morgan fingerprint density at radius 3 is 2.09 bits per heavy atom. The van der Waals surface area contributed by atoms with Crippen molar-refractivity contribution in [1.29, 1.82) is 0 Å². The smallest absolute Gasteiger partial charge is 0.240 e. The summed E-state index contributed by atoms with van der Waals surface area (Å²) in [4.78, 5) is 11.3. The highest BCUT2D eigenvalue weighted by Gasteiger charge is 2.28. The number of carbonyl (C=O) groups is 1. The van der Waals surface area contributed by atoms with E-state index in [4.69, 9.17) is 5.73 Å². The molecule has 1 amide bonds. The minimum atomic E-state index is -0.657. The molecule has 0 radical (unpaired) electrons. The zero-order valence-corrected chi connectivity index (χ0v) is 7.61. The average molecular weight is 158 g/mol. The van der Waals surface area contributed by atoms with Gasteiger partial charge in [0.15, 0.2) is 0 Å². The minimum Gasteiger partial charge on any atom is -0.355 e. The van der Waals surface area contributed by atoms with Gasteiger partial charge in [-0.3, -0.25) is 4.79 Å². The van der Waals surface area contributed by atoms with Crippen molar-refractivity contribution in [2.75, 3.05) is 6.54 Å². The molecule has 0 aliphatic heterocycles. The lowest BCUT2D eigenvalue weighted by molar-refractivity contribution is -0.126. The summed E-state index contributed by atoms with van der Waals surface area (Å²) in [6.45, 7) is 6.40. The molecule has 0 spiro atoms. The summed E-state index contributed by atoms with van der Waals surface area (Å²) in [5, 5.41) is 2.72. The van der Waals surface area contributed by atoms with Gasteiger partial charge >= 0.3 is 0 Å². The number of likely N-dealkylation sites (N-methyl/N-ethyl adjacent to an activating group) is 1. The Hall–Kier alpha value is -0.570. The van der Waals surface area contributed by atoms with Gasteiger partial charge in [-0.25, -0.2) is 0 Å². The normalized spacial score (nSPS) is 11.3. The molecule has 0 unspecified atom stereocenters. The van der Waals surface area contributed by atoms with Crippen molar-refractivity contribution in [3.8, 4) is 0 Å². The van der Waals surface area contributed by atoms with Crippen LogP contribution in [0.1, 0.15) is 33.6 Å². The standard InChI is InChI=1S/C8H18N2O/c1-4-8(9,5-2)7(11)10-6-3/h4-6,9H2,1-3H3,(H,10,11). The third-order valence-corrected chi connectivity index (χ3v) is 2.05. The Morgan fingerprint density at radius 2 is 1.82 bits per heavy atom. The third-order valence-electron chi connectivity index (χ3n) is 2.05. The zero-order valence-electron chi connectivity index (χ0n) is 7.61. The van der Waals surface area contributed by atoms with Gasteiger partial charge in [0.05, 0.1) is 5.54 Å². The number of carbonyl (C=O) groups excluding carboxylic acids is 1. The van der Waals surface area contributed by atoms with E-state index in [-0.39, 0.29) is 5.91 Å². The molecule has 0 heterocycles. The predicted molar refractivity (Wildman–Crippen MR) is 46.2 cm³/mol. The van der Waals surface area contributed by atoms with E-state index < -0.39 is 5.54 Å². The van der Waals surface area contributed by atoms with E-state index in [1.165, 1.54) is 0 Å². The summed E-state index contributed by atoms with van der Waals surface area (Å²) >= 11 is 0. The molecule has 0 atom stereocenters. The van der Waals surface area contributed by atoms with Crippen LogP contribution in [-0.2, 0) is 4.79 Å². The lowest BCUT2D eigenvalue weighted by Gasteiger charge is -2.24. The summed E-state index contributed by atoms with van der Waals surface area (Å²) < 4.78 is 0. The van der Waals surface area contributed by atoms with Gasteiger partial charge < -0.3 is 11.1 Å². The van der Waals surface area contributed by atoms with E-state index in [2.05, 4.69) is 5.32 Å². The monoisotopic (exact) mass is 158 g/mol. The van der Waals surface area contributed by atoms with Crippen LogP contribution in [0.2, 0.25) is 0 Å². The molecule has 0 aromatic rings. The van der Waals surface area contributed by atoms with Crippen LogP contribution in [-0.4, -0.2) is 18.0 Å². The molecule has 3 heteroatoms. The van der Waals surface area contributed by atoms with Crippen molar-refractivity contribution in [2.24, 2.45) is 5.73 Å². The molecule has 0 saturated heterocycles. The van der Waals surface area contributed by atoms with Crippen molar-refractivity contribution in [2.45, 2.75) is 39.2 Å². The maximum Gasteiger partial charge on any atom is 0.240 e. The molecule has 0 rings (SSSR count). The first kappa shape index (κ1) is 10.4. The molecule has 0 bridgehead atoms. The second-order valence-corrected chi connectivity index (χ2v) is 2.72. The van der Waals surface area contributed by atoms with Gasteiger partial charge in [-0.1, -0.05) is 13.8 Å². The van der Waals surface area contributed by atoms with Crippen LogP contribution in [0.5, 0.6) is 0 Å². The highest BCUT2D eigenvalue weighted by Crippen LogP contribution is 2.10. The summed E-state index contributed by atoms with van der Waals surface area (Å²) in [6, 6.07) is 0. The van der Waals surface area contributed by atoms with Crippen molar-refractivity contribution in [3.05, 3.63) is 0 Å². The Bertz CT molecular complexity index is 130. The molecule has 0 aromatic carbocycles. The second kappa shape index (κ2) is 4.34. The van der Waals surface area contributed by atoms with Gasteiger partial charge in [0.1, 0.15) is 0 Å². The lowest BCUT2D eigenvalue weighted by atomic mass is 9.93. The number of hydrogen-bond donors (Lipinski definition) is 2. The van der Waals surface area contributed by atoms with E-state index in [0.29, 0.717) is 19.4 Å². The molecule has 3 nitrogen and oxygen atoms in total. The number of hydrogen-bond acceptors (Lipinski definition) is 2. The zero-order chi connectivity index (χ0) is 8.91. The van der Waals surface area contributed by atoms with Crippen LogP contribution in [0.3, 0.4) is 0 Å². The first-order valence-corrected chi connectivity index (χ1v) is 4.17. The molecule has 11 heavy (non-hydrogen) atoms. The van der Waals surface area contributed by atoms with Crippen LogP contribution in [0.4, 0.5) is 0 Å². The van der Waals surface area contributed by atoms with Gasteiger partial charge in [0.2, 0.25) is 5.91 Å². The first-order chi connectivity index (χ1) is 5.10. The molecule has 3 N–H and O–H groups in total. The number of nitrogens with one attached hydrogen (secondary N) is 1. The second-order valence-electron chi connectivity index (χ2n) is 2.72. The highest BCUT2D eigenvalue weighted by atomic mass is 16.2. The van der Waals surface area contributed by atoms with E-state index >= 15 is 0 Å². The fourth-order valence-electron chi connectivity index (χ4n) is 0.908. The maximum absolute atomic E-state index is 11.3. The molecule has 0 fully saturated rings. The van der Waals surface area contributed by atoms with Crippen molar-refractivity contribution >= 4 is 5.91 Å². The number of rotatable bonds is 4. The fourth-order valence-corrected chi connectivity index (χ4v) is 0.908. The number of nitrogens with two attached hydrogens (primary N) is 1. The largest absolute Gasteiger partial charge is 0.355 e. The Balaban J connectivity index is 4.12. The Morgan fingerprint density at radius 1 is 1.36 bits per heavy atom. The van der Waals surface area contributed by atoms with E-state index in [1.807, 2.05) is 20.8 Å². The van der Waals surface area contributed by atoms with E-state index in [9.17, 15) is 4.79 Å². The summed E-state index contributed by atoms with van der Waals surface area (Å²) in [6.07, 6.45) is 1.38. The van der Waals surface area contributed by atoms with Crippen molar-refractivity contribution in [3.63, 3.8) is 0 Å². The molecular weight excluding hydrogens is 140 g/mol. The minimum absolute atomic E-state index is 0.0370. The number of amides is 1. The van der Waals surface area contributed by atoms with Crippen molar-refractivity contribution in [1.82, 2.24) is 5.32 Å². The summed E-state index contributed by atoms with van der Waals surface area (Å²) in [5.41, 5.74) is 5.16. The quantitative estimate of drug-likeness (QED) is 0.631. The van der Waals surface area contributed by atoms with Crippen LogP contribution < -0.4 is 11.1 Å². The molecule has 0 aliphatic carbocycles. The van der Waals surface area contributed by atoms with Gasteiger partial charge in [-0.2, -0.15) is 0 Å². The summed E-state index contributed by atoms with van der Waals surface area (Å²) in [5.74, 6) is -0.0370. The Labute approximate surface area is 68.3 Å². The Kier molecular flexibility index (Phi) is 4.11. The van der Waals surface area contributed by atoms with Crippen molar-refractivity contribution < 1.29 is 4.79 Å².